The zero-order valence-corrected chi connectivity index (χ0v) is 21.3. The van der Waals surface area contributed by atoms with Crippen molar-refractivity contribution in [2.45, 2.75) is 12.5 Å². The van der Waals surface area contributed by atoms with Crippen LogP contribution >= 0.6 is 23.2 Å². The van der Waals surface area contributed by atoms with Crippen LogP contribution in [0.2, 0.25) is 10.0 Å². The molecule has 1 aliphatic heterocycles. The Labute approximate surface area is 220 Å². The van der Waals surface area contributed by atoms with Crippen LogP contribution in [0, 0.1) is 0 Å². The van der Waals surface area contributed by atoms with Crippen molar-refractivity contribution < 1.29 is 4.79 Å². The maximum atomic E-state index is 13.8. The Bertz CT molecular complexity index is 1610. The van der Waals surface area contributed by atoms with Crippen molar-refractivity contribution in [3.05, 3.63) is 129 Å². The van der Waals surface area contributed by atoms with Crippen molar-refractivity contribution in [1.82, 2.24) is 9.47 Å². The molecule has 178 valence electrons. The number of halogens is 2. The Morgan fingerprint density at radius 3 is 2.33 bits per heavy atom. The first-order valence-electron chi connectivity index (χ1n) is 12.0. The normalized spacial score (nSPS) is 15.0. The molecule has 0 spiro atoms. The number of hydrogen-bond acceptors (Lipinski definition) is 1. The number of fused-ring (bicyclic) bond motifs is 2. The second-order valence-corrected chi connectivity index (χ2v) is 10.0. The van der Waals surface area contributed by atoms with Gasteiger partial charge in [-0.25, -0.2) is 0 Å². The molecule has 1 aliphatic rings. The molecule has 3 nitrogen and oxygen atoms in total. The summed E-state index contributed by atoms with van der Waals surface area (Å²) in [7, 11) is 2.06. The molecule has 5 aromatic rings. The minimum Gasteiger partial charge on any atom is -0.343 e. The van der Waals surface area contributed by atoms with Crippen molar-refractivity contribution in [3.8, 4) is 11.3 Å². The predicted molar refractivity (Wildman–Crippen MR) is 148 cm³/mol. The molecule has 2 heterocycles. The Kier molecular flexibility index (Phi) is 5.83. The fourth-order valence-electron chi connectivity index (χ4n) is 5.51. The van der Waals surface area contributed by atoms with Crippen molar-refractivity contribution in [2.75, 3.05) is 6.54 Å². The van der Waals surface area contributed by atoms with Gasteiger partial charge in [-0.05, 0) is 47.9 Å². The molecule has 6 rings (SSSR count). The van der Waals surface area contributed by atoms with Gasteiger partial charge in [-0.15, -0.1) is 0 Å². The number of aromatic nitrogens is 1. The topological polar surface area (TPSA) is 25.2 Å². The lowest BCUT2D eigenvalue weighted by Crippen LogP contribution is -2.31. The standard InChI is InChI=1S/C31H24Cl2N2O/c1-34-27-14-8-7-13-25(27)28(29(34)24-16-15-21(32)19-26(24)33)30-22-11-5-6-12-23(22)31(36)35(30)18-17-20-9-3-2-4-10-20/h2-16,19,30H,17-18H2,1H3. The third-order valence-electron chi connectivity index (χ3n) is 7.15. The number of amides is 1. The summed E-state index contributed by atoms with van der Waals surface area (Å²) in [6.07, 6.45) is 0.777. The summed E-state index contributed by atoms with van der Waals surface area (Å²) in [6.45, 7) is 0.610. The van der Waals surface area contributed by atoms with Gasteiger partial charge in [0.1, 0.15) is 0 Å². The summed E-state index contributed by atoms with van der Waals surface area (Å²) in [6, 6.07) is 32.0. The second-order valence-electron chi connectivity index (χ2n) is 9.19. The van der Waals surface area contributed by atoms with Crippen LogP contribution in [0.15, 0.2) is 97.1 Å². The average molecular weight is 511 g/mol. The Morgan fingerprint density at radius 2 is 1.53 bits per heavy atom. The van der Waals surface area contributed by atoms with Gasteiger partial charge in [-0.1, -0.05) is 89.9 Å². The highest BCUT2D eigenvalue weighted by molar-refractivity contribution is 6.36. The van der Waals surface area contributed by atoms with Crippen LogP contribution < -0.4 is 0 Å². The van der Waals surface area contributed by atoms with Crippen LogP contribution in [0.5, 0.6) is 0 Å². The molecule has 0 aliphatic carbocycles. The van der Waals surface area contributed by atoms with E-state index in [1.807, 2.05) is 59.5 Å². The fraction of sp³-hybridized carbons (Fsp3) is 0.129. The molecule has 0 bridgehead atoms. The van der Waals surface area contributed by atoms with Gasteiger partial charge in [0.2, 0.25) is 0 Å². The second kappa shape index (κ2) is 9.16. The molecular formula is C31H24Cl2N2O. The largest absolute Gasteiger partial charge is 0.343 e. The van der Waals surface area contributed by atoms with E-state index >= 15 is 0 Å². The van der Waals surface area contributed by atoms with Gasteiger partial charge in [0.15, 0.2) is 0 Å². The molecule has 0 radical (unpaired) electrons. The summed E-state index contributed by atoms with van der Waals surface area (Å²) in [5.74, 6) is 0.0626. The van der Waals surface area contributed by atoms with Crippen LogP contribution in [0.25, 0.3) is 22.2 Å². The molecule has 1 amide bonds. The number of rotatable bonds is 5. The molecule has 36 heavy (non-hydrogen) atoms. The van der Waals surface area contributed by atoms with E-state index in [-0.39, 0.29) is 11.9 Å². The molecule has 1 atom stereocenters. The highest BCUT2D eigenvalue weighted by Crippen LogP contribution is 2.47. The summed E-state index contributed by atoms with van der Waals surface area (Å²) in [4.78, 5) is 15.8. The van der Waals surface area contributed by atoms with Gasteiger partial charge in [0.05, 0.1) is 16.8 Å². The SMILES string of the molecule is Cn1c(-c2ccc(Cl)cc2Cl)c(C2c3ccccc3C(=O)N2CCc2ccccc2)c2ccccc21. The molecule has 5 heteroatoms. The van der Waals surface area contributed by atoms with Crippen LogP contribution in [-0.4, -0.2) is 21.9 Å². The zero-order chi connectivity index (χ0) is 24.8. The fourth-order valence-corrected chi connectivity index (χ4v) is 6.01. The third kappa shape index (κ3) is 3.71. The Morgan fingerprint density at radius 1 is 0.806 bits per heavy atom. The first kappa shape index (κ1) is 22.9. The summed E-state index contributed by atoms with van der Waals surface area (Å²) in [5, 5.41) is 2.29. The van der Waals surface area contributed by atoms with Gasteiger partial charge >= 0.3 is 0 Å². The van der Waals surface area contributed by atoms with Crippen molar-refractivity contribution in [3.63, 3.8) is 0 Å². The van der Waals surface area contributed by atoms with E-state index in [0.29, 0.717) is 16.6 Å². The highest BCUT2D eigenvalue weighted by atomic mass is 35.5. The molecule has 0 saturated heterocycles. The molecule has 4 aromatic carbocycles. The van der Waals surface area contributed by atoms with E-state index in [1.165, 1.54) is 5.56 Å². The van der Waals surface area contributed by atoms with Gasteiger partial charge in [0.25, 0.3) is 5.91 Å². The van der Waals surface area contributed by atoms with Crippen molar-refractivity contribution >= 4 is 40.0 Å². The summed E-state index contributed by atoms with van der Waals surface area (Å²) >= 11 is 13.0. The number of benzene rings is 4. The van der Waals surface area contributed by atoms with E-state index in [2.05, 4.69) is 48.0 Å². The number of carbonyl (C=O) groups is 1. The highest BCUT2D eigenvalue weighted by Gasteiger charge is 2.40. The quantitative estimate of drug-likeness (QED) is 0.235. The van der Waals surface area contributed by atoms with Gasteiger partial charge in [0, 0.05) is 46.2 Å². The minimum atomic E-state index is -0.231. The van der Waals surface area contributed by atoms with E-state index in [1.54, 1.807) is 6.07 Å². The monoisotopic (exact) mass is 510 g/mol. The van der Waals surface area contributed by atoms with Crippen LogP contribution in [0.1, 0.15) is 33.1 Å². The van der Waals surface area contributed by atoms with Crippen LogP contribution in [-0.2, 0) is 13.5 Å². The predicted octanol–water partition coefficient (Wildman–Crippen LogP) is 7.94. The van der Waals surface area contributed by atoms with Crippen LogP contribution in [0.4, 0.5) is 0 Å². The Balaban J connectivity index is 1.59. The lowest BCUT2D eigenvalue weighted by atomic mass is 9.93. The summed E-state index contributed by atoms with van der Waals surface area (Å²) in [5.41, 5.74) is 7.07. The molecule has 1 unspecified atom stereocenters. The number of aryl methyl sites for hydroxylation is 1. The lowest BCUT2D eigenvalue weighted by molar-refractivity contribution is 0.0753. The van der Waals surface area contributed by atoms with E-state index in [9.17, 15) is 4.79 Å². The molecule has 0 N–H and O–H groups in total. The summed E-state index contributed by atoms with van der Waals surface area (Å²) < 4.78 is 2.18. The van der Waals surface area contributed by atoms with Crippen molar-refractivity contribution in [1.29, 1.82) is 0 Å². The molecule has 0 saturated carbocycles. The number of para-hydroxylation sites is 1. The molecule has 0 fully saturated rings. The van der Waals surface area contributed by atoms with E-state index in [4.69, 9.17) is 23.2 Å². The van der Waals surface area contributed by atoms with Gasteiger partial charge in [-0.3, -0.25) is 4.79 Å². The van der Waals surface area contributed by atoms with Crippen LogP contribution in [0.3, 0.4) is 0 Å². The van der Waals surface area contributed by atoms with E-state index in [0.717, 1.165) is 45.3 Å². The minimum absolute atomic E-state index is 0.0626. The number of hydrogen-bond donors (Lipinski definition) is 0. The van der Waals surface area contributed by atoms with Crippen molar-refractivity contribution in [2.24, 2.45) is 7.05 Å². The van der Waals surface area contributed by atoms with Gasteiger partial charge in [-0.2, -0.15) is 0 Å². The molecule has 1 aromatic heterocycles. The number of nitrogens with zero attached hydrogens (tertiary/aromatic N) is 2. The Hall–Kier alpha value is -3.53. The third-order valence-corrected chi connectivity index (χ3v) is 7.70. The first-order chi connectivity index (χ1) is 17.5. The van der Waals surface area contributed by atoms with E-state index < -0.39 is 0 Å². The molecular weight excluding hydrogens is 487 g/mol. The van der Waals surface area contributed by atoms with Gasteiger partial charge < -0.3 is 9.47 Å². The number of carbonyl (C=O) groups excluding carboxylic acids is 1. The maximum absolute atomic E-state index is 13.8. The smallest absolute Gasteiger partial charge is 0.255 e. The first-order valence-corrected chi connectivity index (χ1v) is 12.8. The average Bonchev–Trinajstić information content (AvgIpc) is 3.34. The lowest BCUT2D eigenvalue weighted by Gasteiger charge is -2.27. The maximum Gasteiger partial charge on any atom is 0.255 e. The zero-order valence-electron chi connectivity index (χ0n) is 19.8.